The van der Waals surface area contributed by atoms with Crippen molar-refractivity contribution in [3.05, 3.63) is 46.2 Å². The van der Waals surface area contributed by atoms with E-state index in [1.807, 2.05) is 0 Å². The van der Waals surface area contributed by atoms with Gasteiger partial charge in [0, 0.05) is 17.0 Å². The van der Waals surface area contributed by atoms with Gasteiger partial charge in [0.05, 0.1) is 17.5 Å². The zero-order valence-electron chi connectivity index (χ0n) is 11.9. The van der Waals surface area contributed by atoms with E-state index in [1.165, 1.54) is 6.07 Å². The first-order valence-electron chi connectivity index (χ1n) is 7.15. The number of carbonyl (C=O) groups excluding carboxylic acids is 1. The van der Waals surface area contributed by atoms with Gasteiger partial charge in [0.25, 0.3) is 5.91 Å². The molecule has 1 aliphatic carbocycles. The molecule has 1 saturated carbocycles. The van der Waals surface area contributed by atoms with Crippen molar-refractivity contribution in [2.45, 2.75) is 31.2 Å². The number of fused-ring (bicyclic) bond motifs is 1. The molecule has 3 N–H and O–H groups in total. The van der Waals surface area contributed by atoms with E-state index < -0.39 is 17.4 Å². The fraction of sp³-hybridized carbons (Fsp3) is 0.312. The highest BCUT2D eigenvalue weighted by Gasteiger charge is 2.40. The highest BCUT2D eigenvalue weighted by atomic mass is 16.4. The van der Waals surface area contributed by atoms with Gasteiger partial charge in [-0.25, -0.2) is 0 Å². The maximum atomic E-state index is 12.5. The van der Waals surface area contributed by atoms with Gasteiger partial charge >= 0.3 is 5.97 Å². The summed E-state index contributed by atoms with van der Waals surface area (Å²) >= 11 is 0. The summed E-state index contributed by atoms with van der Waals surface area (Å²) in [6.07, 6.45) is 2.09. The van der Waals surface area contributed by atoms with Crippen LogP contribution >= 0.6 is 0 Å². The monoisotopic (exact) mass is 300 g/mol. The Morgan fingerprint density at radius 1 is 1.27 bits per heavy atom. The fourth-order valence-corrected chi connectivity index (χ4v) is 2.94. The van der Waals surface area contributed by atoms with Crippen molar-refractivity contribution in [3.63, 3.8) is 0 Å². The minimum absolute atomic E-state index is 0.0974. The minimum atomic E-state index is -0.934. The number of rotatable bonds is 4. The first kappa shape index (κ1) is 14.3. The number of H-pyrrole nitrogens is 1. The third-order valence-electron chi connectivity index (χ3n) is 4.17. The van der Waals surface area contributed by atoms with E-state index in [4.69, 9.17) is 5.11 Å². The van der Waals surface area contributed by atoms with E-state index in [0.29, 0.717) is 23.7 Å². The average Bonchev–Trinajstić information content (AvgIpc) is 2.43. The van der Waals surface area contributed by atoms with Crippen LogP contribution in [-0.2, 0) is 4.79 Å². The second-order valence-electron chi connectivity index (χ2n) is 5.75. The lowest BCUT2D eigenvalue weighted by Gasteiger charge is -2.41. The van der Waals surface area contributed by atoms with Gasteiger partial charge in [0.2, 0.25) is 5.56 Å². The maximum absolute atomic E-state index is 12.5. The molecule has 0 saturated heterocycles. The van der Waals surface area contributed by atoms with Crippen LogP contribution in [-0.4, -0.2) is 27.5 Å². The standard InChI is InChI=1S/C16H16N2O4/c19-13-8-11(10-4-1-2-5-12(10)17-13)15(22)18-16(6-3-7-16)9-14(20)21/h1-2,4-5,8H,3,6-7,9H2,(H,17,19)(H,18,22)(H,20,21). The van der Waals surface area contributed by atoms with Crippen LogP contribution < -0.4 is 10.9 Å². The Morgan fingerprint density at radius 2 is 2.00 bits per heavy atom. The Balaban J connectivity index is 1.95. The molecule has 1 amide bonds. The quantitative estimate of drug-likeness (QED) is 0.799. The molecule has 1 fully saturated rings. The van der Waals surface area contributed by atoms with Gasteiger partial charge in [-0.15, -0.1) is 0 Å². The number of aromatic nitrogens is 1. The molecule has 1 aliphatic rings. The van der Waals surface area contributed by atoms with Gasteiger partial charge in [0.15, 0.2) is 0 Å². The third kappa shape index (κ3) is 2.59. The Bertz CT molecular complexity index is 805. The molecule has 0 spiro atoms. The summed E-state index contributed by atoms with van der Waals surface area (Å²) in [5, 5.41) is 12.5. The van der Waals surface area contributed by atoms with Crippen LogP contribution in [0.2, 0.25) is 0 Å². The molecule has 114 valence electrons. The van der Waals surface area contributed by atoms with Gasteiger partial charge in [-0.3, -0.25) is 14.4 Å². The zero-order valence-corrected chi connectivity index (χ0v) is 11.9. The molecular formula is C16H16N2O4. The number of carboxylic acids is 1. The third-order valence-corrected chi connectivity index (χ3v) is 4.17. The van der Waals surface area contributed by atoms with Gasteiger partial charge < -0.3 is 15.4 Å². The molecule has 1 heterocycles. The lowest BCUT2D eigenvalue weighted by molar-refractivity contribution is -0.139. The SMILES string of the molecule is O=C(O)CC1(NC(=O)c2cc(=O)[nH]c3ccccc23)CCC1. The Hall–Kier alpha value is -2.63. The van der Waals surface area contributed by atoms with Crippen molar-refractivity contribution in [1.82, 2.24) is 10.3 Å². The van der Waals surface area contributed by atoms with Crippen molar-refractivity contribution >= 4 is 22.8 Å². The number of pyridine rings is 1. The predicted molar refractivity (Wildman–Crippen MR) is 80.9 cm³/mol. The van der Waals surface area contributed by atoms with Crippen LogP contribution in [0.4, 0.5) is 0 Å². The number of carbonyl (C=O) groups is 2. The van der Waals surface area contributed by atoms with E-state index in [0.717, 1.165) is 6.42 Å². The zero-order chi connectivity index (χ0) is 15.7. The number of carboxylic acid groups (broad SMARTS) is 1. The molecule has 0 aliphatic heterocycles. The van der Waals surface area contributed by atoms with Crippen molar-refractivity contribution in [3.8, 4) is 0 Å². The molecule has 3 rings (SSSR count). The normalized spacial score (nSPS) is 16.0. The van der Waals surface area contributed by atoms with Gasteiger partial charge in [-0.2, -0.15) is 0 Å². The van der Waals surface area contributed by atoms with Crippen molar-refractivity contribution < 1.29 is 14.7 Å². The highest BCUT2D eigenvalue weighted by Crippen LogP contribution is 2.35. The summed E-state index contributed by atoms with van der Waals surface area (Å²) in [5.41, 5.74) is -0.186. The van der Waals surface area contributed by atoms with Crippen LogP contribution in [0.5, 0.6) is 0 Å². The average molecular weight is 300 g/mol. The molecule has 0 bridgehead atoms. The second-order valence-corrected chi connectivity index (χ2v) is 5.75. The number of aromatic amines is 1. The van der Waals surface area contributed by atoms with Crippen molar-refractivity contribution in [2.75, 3.05) is 0 Å². The van der Waals surface area contributed by atoms with E-state index in [1.54, 1.807) is 24.3 Å². The second kappa shape index (κ2) is 5.29. The molecular weight excluding hydrogens is 284 g/mol. The van der Waals surface area contributed by atoms with Gasteiger partial charge in [0.1, 0.15) is 0 Å². The number of hydrogen-bond acceptors (Lipinski definition) is 3. The summed E-state index contributed by atoms with van der Waals surface area (Å²) in [6, 6.07) is 8.30. The lowest BCUT2D eigenvalue weighted by Crippen LogP contribution is -2.54. The number of aliphatic carboxylic acids is 1. The van der Waals surface area contributed by atoms with E-state index >= 15 is 0 Å². The first-order chi connectivity index (χ1) is 10.5. The number of hydrogen-bond donors (Lipinski definition) is 3. The molecule has 0 atom stereocenters. The first-order valence-corrected chi connectivity index (χ1v) is 7.15. The predicted octanol–water partition coefficient (Wildman–Crippen LogP) is 1.66. The molecule has 22 heavy (non-hydrogen) atoms. The lowest BCUT2D eigenvalue weighted by atomic mass is 9.74. The van der Waals surface area contributed by atoms with Crippen molar-refractivity contribution in [1.29, 1.82) is 0 Å². The van der Waals surface area contributed by atoms with Gasteiger partial charge in [-0.1, -0.05) is 18.2 Å². The summed E-state index contributed by atoms with van der Waals surface area (Å²) in [7, 11) is 0. The van der Waals surface area contributed by atoms with Crippen molar-refractivity contribution in [2.24, 2.45) is 0 Å². The summed E-state index contributed by atoms with van der Waals surface area (Å²) < 4.78 is 0. The van der Waals surface area contributed by atoms with Crippen LogP contribution in [0.25, 0.3) is 10.9 Å². The fourth-order valence-electron chi connectivity index (χ4n) is 2.94. The largest absolute Gasteiger partial charge is 0.481 e. The number of para-hydroxylation sites is 1. The van der Waals surface area contributed by atoms with E-state index in [-0.39, 0.29) is 17.5 Å². The topological polar surface area (TPSA) is 99.3 Å². The number of nitrogens with one attached hydrogen (secondary N) is 2. The van der Waals surface area contributed by atoms with Crippen LogP contribution in [0.3, 0.4) is 0 Å². The Morgan fingerprint density at radius 3 is 2.64 bits per heavy atom. The molecule has 0 radical (unpaired) electrons. The molecule has 2 aromatic rings. The van der Waals surface area contributed by atoms with Crippen LogP contribution in [0.15, 0.2) is 35.1 Å². The molecule has 0 unspecified atom stereocenters. The molecule has 6 heteroatoms. The number of benzene rings is 1. The summed E-state index contributed by atoms with van der Waals surface area (Å²) in [5.74, 6) is -1.33. The number of amides is 1. The van der Waals surface area contributed by atoms with Crippen LogP contribution in [0, 0.1) is 0 Å². The molecule has 1 aromatic carbocycles. The summed E-state index contributed by atoms with van der Waals surface area (Å²) in [6.45, 7) is 0. The van der Waals surface area contributed by atoms with E-state index in [9.17, 15) is 14.4 Å². The van der Waals surface area contributed by atoms with Gasteiger partial charge in [-0.05, 0) is 25.3 Å². The van der Waals surface area contributed by atoms with E-state index in [2.05, 4.69) is 10.3 Å². The Kier molecular flexibility index (Phi) is 3.44. The maximum Gasteiger partial charge on any atom is 0.305 e. The molecule has 1 aromatic heterocycles. The molecule has 6 nitrogen and oxygen atoms in total. The summed E-state index contributed by atoms with van der Waals surface area (Å²) in [4.78, 5) is 37.9. The highest BCUT2D eigenvalue weighted by molar-refractivity contribution is 6.06. The minimum Gasteiger partial charge on any atom is -0.481 e. The smallest absolute Gasteiger partial charge is 0.305 e. The Labute approximate surface area is 126 Å². The van der Waals surface area contributed by atoms with Crippen LogP contribution in [0.1, 0.15) is 36.0 Å².